The monoisotopic (exact) mass is 384 g/mol. The van der Waals surface area contributed by atoms with Gasteiger partial charge in [0.1, 0.15) is 6.04 Å². The normalized spacial score (nSPS) is 29.5. The van der Waals surface area contributed by atoms with Crippen molar-refractivity contribution in [2.24, 2.45) is 5.41 Å². The summed E-state index contributed by atoms with van der Waals surface area (Å²) < 4.78 is 0. The number of amides is 2. The summed E-state index contributed by atoms with van der Waals surface area (Å²) in [5.74, 6) is -1.40. The van der Waals surface area contributed by atoms with E-state index in [4.69, 9.17) is 0 Å². The minimum atomic E-state index is -0.974. The zero-order valence-corrected chi connectivity index (χ0v) is 15.9. The SMILES string of the molecule is CC1(C)CC2/C(=C\c3cc(C(=O)NC4CCNC4)ccn3)C(=O)N2[C@H]1C(=O)O. The highest BCUT2D eigenvalue weighted by Gasteiger charge is 2.60. The molecule has 3 aliphatic heterocycles. The Balaban J connectivity index is 1.53. The molecule has 0 spiro atoms. The molecule has 3 fully saturated rings. The van der Waals surface area contributed by atoms with Crippen LogP contribution in [0, 0.1) is 5.41 Å². The van der Waals surface area contributed by atoms with E-state index in [0.29, 0.717) is 23.3 Å². The number of hydrogen-bond donors (Lipinski definition) is 3. The maximum atomic E-state index is 12.6. The van der Waals surface area contributed by atoms with E-state index in [1.54, 1.807) is 24.4 Å². The quantitative estimate of drug-likeness (QED) is 0.519. The summed E-state index contributed by atoms with van der Waals surface area (Å²) in [6, 6.07) is 2.40. The van der Waals surface area contributed by atoms with E-state index < -0.39 is 17.4 Å². The molecule has 8 nitrogen and oxygen atoms in total. The third-order valence-corrected chi connectivity index (χ3v) is 5.89. The second-order valence-corrected chi connectivity index (χ2v) is 8.39. The van der Waals surface area contributed by atoms with Gasteiger partial charge in [0.05, 0.1) is 11.7 Å². The van der Waals surface area contributed by atoms with Gasteiger partial charge in [-0.25, -0.2) is 4.79 Å². The Morgan fingerprint density at radius 2 is 2.21 bits per heavy atom. The number of pyridine rings is 1. The van der Waals surface area contributed by atoms with E-state index in [1.165, 1.54) is 4.90 Å². The Labute approximate surface area is 163 Å². The second kappa shape index (κ2) is 6.70. The van der Waals surface area contributed by atoms with Gasteiger partial charge in [0.2, 0.25) is 0 Å². The van der Waals surface area contributed by atoms with Crippen LogP contribution in [0.25, 0.3) is 6.08 Å². The van der Waals surface area contributed by atoms with E-state index in [9.17, 15) is 19.5 Å². The highest BCUT2D eigenvalue weighted by molar-refractivity contribution is 6.08. The number of aromatic nitrogens is 1. The number of aliphatic carboxylic acids is 1. The predicted molar refractivity (Wildman–Crippen MR) is 101 cm³/mol. The van der Waals surface area contributed by atoms with Crippen molar-refractivity contribution >= 4 is 23.9 Å². The summed E-state index contributed by atoms with van der Waals surface area (Å²) in [6.07, 6.45) is 4.72. The second-order valence-electron chi connectivity index (χ2n) is 8.39. The van der Waals surface area contributed by atoms with Crippen molar-refractivity contribution in [2.75, 3.05) is 13.1 Å². The first kappa shape index (κ1) is 18.6. The zero-order chi connectivity index (χ0) is 20.1. The van der Waals surface area contributed by atoms with Crippen LogP contribution in [0.2, 0.25) is 0 Å². The summed E-state index contributed by atoms with van der Waals surface area (Å²) in [7, 11) is 0. The molecule has 0 saturated carbocycles. The fraction of sp³-hybridized carbons (Fsp3) is 0.500. The van der Waals surface area contributed by atoms with E-state index in [-0.39, 0.29) is 23.9 Å². The summed E-state index contributed by atoms with van der Waals surface area (Å²) in [6.45, 7) is 5.40. The van der Waals surface area contributed by atoms with E-state index in [0.717, 1.165) is 19.5 Å². The third-order valence-electron chi connectivity index (χ3n) is 5.89. The molecule has 3 aliphatic rings. The number of β-lactam (4-membered cyclic amide) rings is 1. The predicted octanol–water partition coefficient (Wildman–Crippen LogP) is 0.651. The molecular weight excluding hydrogens is 360 g/mol. The van der Waals surface area contributed by atoms with Gasteiger partial charge in [-0.15, -0.1) is 0 Å². The molecule has 0 bridgehead atoms. The lowest BCUT2D eigenvalue weighted by Gasteiger charge is -2.40. The van der Waals surface area contributed by atoms with Crippen molar-refractivity contribution < 1.29 is 19.5 Å². The van der Waals surface area contributed by atoms with Crippen molar-refractivity contribution in [3.05, 3.63) is 35.2 Å². The summed E-state index contributed by atoms with van der Waals surface area (Å²) >= 11 is 0. The van der Waals surface area contributed by atoms with Gasteiger partial charge in [-0.1, -0.05) is 13.8 Å². The Hall–Kier alpha value is -2.74. The van der Waals surface area contributed by atoms with Crippen molar-refractivity contribution in [3.8, 4) is 0 Å². The molecule has 1 aromatic heterocycles. The van der Waals surface area contributed by atoms with Crippen molar-refractivity contribution in [3.63, 3.8) is 0 Å². The van der Waals surface area contributed by atoms with Crippen molar-refractivity contribution in [1.82, 2.24) is 20.5 Å². The molecule has 3 N–H and O–H groups in total. The molecule has 8 heteroatoms. The number of hydrogen-bond acceptors (Lipinski definition) is 5. The van der Waals surface area contributed by atoms with E-state index in [2.05, 4.69) is 15.6 Å². The number of carbonyl (C=O) groups is 3. The molecule has 3 saturated heterocycles. The molecule has 2 amide bonds. The first-order valence-electron chi connectivity index (χ1n) is 9.52. The van der Waals surface area contributed by atoms with Gasteiger partial charge in [0.25, 0.3) is 11.8 Å². The van der Waals surface area contributed by atoms with E-state index >= 15 is 0 Å². The molecule has 2 unspecified atom stereocenters. The lowest BCUT2D eigenvalue weighted by atomic mass is 9.83. The van der Waals surface area contributed by atoms with Gasteiger partial charge in [0, 0.05) is 29.9 Å². The summed E-state index contributed by atoms with van der Waals surface area (Å²) in [5.41, 5.74) is 1.08. The standard InChI is InChI=1S/C20H24N4O4/c1-20(2)9-15-14(18(26)24(15)16(20)19(27)28)8-13-7-11(3-6-22-13)17(25)23-12-4-5-21-10-12/h3,6-8,12,15-16,21H,4-5,9-10H2,1-2H3,(H,23,25)(H,27,28)/b14-8+/t12?,15?,16-/m0/s1. The number of nitrogens with one attached hydrogen (secondary N) is 2. The topological polar surface area (TPSA) is 112 Å². The van der Waals surface area contributed by atoms with Gasteiger partial charge in [-0.3, -0.25) is 14.6 Å². The molecule has 4 rings (SSSR count). The minimum Gasteiger partial charge on any atom is -0.480 e. The molecule has 28 heavy (non-hydrogen) atoms. The summed E-state index contributed by atoms with van der Waals surface area (Å²) in [4.78, 5) is 42.3. The van der Waals surface area contributed by atoms with Crippen LogP contribution in [0.4, 0.5) is 0 Å². The Morgan fingerprint density at radius 1 is 1.43 bits per heavy atom. The van der Waals surface area contributed by atoms with E-state index in [1.807, 2.05) is 13.8 Å². The molecule has 148 valence electrons. The van der Waals surface area contributed by atoms with Crippen LogP contribution in [-0.4, -0.2) is 64.0 Å². The van der Waals surface area contributed by atoms with Gasteiger partial charge in [-0.05, 0) is 43.0 Å². The summed E-state index contributed by atoms with van der Waals surface area (Å²) in [5, 5.41) is 15.7. The molecule has 1 aromatic rings. The third kappa shape index (κ3) is 3.07. The number of carbonyl (C=O) groups excluding carboxylic acids is 2. The molecule has 3 atom stereocenters. The first-order valence-corrected chi connectivity index (χ1v) is 9.52. The molecule has 4 heterocycles. The van der Waals surface area contributed by atoms with Gasteiger partial charge in [-0.2, -0.15) is 0 Å². The Morgan fingerprint density at radius 3 is 2.89 bits per heavy atom. The van der Waals surface area contributed by atoms with Gasteiger partial charge < -0.3 is 20.6 Å². The van der Waals surface area contributed by atoms with Crippen LogP contribution >= 0.6 is 0 Å². The van der Waals surface area contributed by atoms with Crippen LogP contribution in [0.3, 0.4) is 0 Å². The first-order chi connectivity index (χ1) is 13.3. The average Bonchev–Trinajstić information content (AvgIpc) is 3.23. The fourth-order valence-corrected chi connectivity index (χ4v) is 4.49. The van der Waals surface area contributed by atoms with Crippen LogP contribution in [-0.2, 0) is 9.59 Å². The molecule has 0 aliphatic carbocycles. The minimum absolute atomic E-state index is 0.123. The lowest BCUT2D eigenvalue weighted by Crippen LogP contribution is -2.57. The molecule has 0 radical (unpaired) electrons. The van der Waals surface area contributed by atoms with Crippen LogP contribution in [0.1, 0.15) is 42.7 Å². The van der Waals surface area contributed by atoms with Gasteiger partial charge in [0.15, 0.2) is 0 Å². The average molecular weight is 384 g/mol. The van der Waals surface area contributed by atoms with Crippen molar-refractivity contribution in [2.45, 2.75) is 44.8 Å². The largest absolute Gasteiger partial charge is 0.480 e. The number of fused-ring (bicyclic) bond motifs is 1. The number of rotatable bonds is 4. The number of carboxylic acid groups (broad SMARTS) is 1. The maximum absolute atomic E-state index is 12.6. The van der Waals surface area contributed by atoms with Crippen molar-refractivity contribution in [1.29, 1.82) is 0 Å². The highest BCUT2D eigenvalue weighted by atomic mass is 16.4. The van der Waals surface area contributed by atoms with Gasteiger partial charge >= 0.3 is 5.97 Å². The van der Waals surface area contributed by atoms with Crippen LogP contribution in [0.15, 0.2) is 23.9 Å². The van der Waals surface area contributed by atoms with Crippen LogP contribution in [0.5, 0.6) is 0 Å². The maximum Gasteiger partial charge on any atom is 0.327 e. The molecular formula is C20H24N4O4. The fourth-order valence-electron chi connectivity index (χ4n) is 4.49. The molecule has 0 aromatic carbocycles. The van der Waals surface area contributed by atoms with Crippen LogP contribution < -0.4 is 10.6 Å². The number of carboxylic acids is 1. The Kier molecular flexibility index (Phi) is 4.45. The Bertz CT molecular complexity index is 873. The zero-order valence-electron chi connectivity index (χ0n) is 15.9. The smallest absolute Gasteiger partial charge is 0.327 e. The lowest BCUT2D eigenvalue weighted by molar-refractivity contribution is -0.154. The number of nitrogens with zero attached hydrogens (tertiary/aromatic N) is 2. The highest BCUT2D eigenvalue weighted by Crippen LogP contribution is 2.49.